The maximum absolute atomic E-state index is 12.4. The van der Waals surface area contributed by atoms with E-state index in [-0.39, 0.29) is 5.97 Å². The molecule has 4 aromatic rings. The lowest BCUT2D eigenvalue weighted by Crippen LogP contribution is -2.08. The average molecular weight is 449 g/mol. The Morgan fingerprint density at radius 3 is 1.71 bits per heavy atom. The van der Waals surface area contributed by atoms with Crippen molar-refractivity contribution in [1.82, 2.24) is 0 Å². The molecule has 168 valence electrons. The molecule has 0 aliphatic carbocycles. The number of esters is 2. The van der Waals surface area contributed by atoms with Crippen molar-refractivity contribution in [3.05, 3.63) is 138 Å². The number of benzene rings is 4. The van der Waals surface area contributed by atoms with Gasteiger partial charge in [-0.15, -0.1) is 0 Å². The van der Waals surface area contributed by atoms with E-state index >= 15 is 0 Å². The van der Waals surface area contributed by atoms with E-state index in [1.165, 1.54) is 0 Å². The molecule has 0 N–H and O–H groups in total. The summed E-state index contributed by atoms with van der Waals surface area (Å²) >= 11 is 0. The topological polar surface area (TPSA) is 52.6 Å². The number of carbonyl (C=O) groups excluding carboxylic acids is 2. The minimum absolute atomic E-state index is 0.382. The molecule has 0 amide bonds. The van der Waals surface area contributed by atoms with E-state index < -0.39 is 5.97 Å². The number of hydrogen-bond acceptors (Lipinski definition) is 4. The van der Waals surface area contributed by atoms with E-state index in [0.29, 0.717) is 22.6 Å². The van der Waals surface area contributed by atoms with E-state index in [0.717, 1.165) is 29.5 Å². The fourth-order valence-corrected chi connectivity index (χ4v) is 3.50. The Balaban J connectivity index is 1.39. The second-order valence-electron chi connectivity index (χ2n) is 7.77. The fourth-order valence-electron chi connectivity index (χ4n) is 3.50. The lowest BCUT2D eigenvalue weighted by Gasteiger charge is -2.10. The molecule has 0 bridgehead atoms. The van der Waals surface area contributed by atoms with Gasteiger partial charge >= 0.3 is 11.9 Å². The summed E-state index contributed by atoms with van der Waals surface area (Å²) in [5.74, 6) is 0.214. The van der Waals surface area contributed by atoms with Crippen molar-refractivity contribution in [2.75, 3.05) is 0 Å². The first-order valence-corrected chi connectivity index (χ1v) is 11.0. The fraction of sp³-hybridized carbons (Fsp3) is 0.0667. The molecular formula is C30H24O4. The third kappa shape index (κ3) is 6.08. The highest BCUT2D eigenvalue weighted by atomic mass is 16.5. The van der Waals surface area contributed by atoms with Gasteiger partial charge in [-0.2, -0.15) is 0 Å². The van der Waals surface area contributed by atoms with Gasteiger partial charge in [-0.25, -0.2) is 9.59 Å². The summed E-state index contributed by atoms with van der Waals surface area (Å²) in [7, 11) is 0. The highest BCUT2D eigenvalue weighted by molar-refractivity contribution is 5.91. The van der Waals surface area contributed by atoms with Crippen LogP contribution in [0.3, 0.4) is 0 Å². The van der Waals surface area contributed by atoms with Crippen LogP contribution in [0.5, 0.6) is 11.5 Å². The summed E-state index contributed by atoms with van der Waals surface area (Å²) in [5.41, 5.74) is 4.04. The molecule has 0 saturated carbocycles. The minimum Gasteiger partial charge on any atom is -0.423 e. The van der Waals surface area contributed by atoms with Crippen molar-refractivity contribution in [2.45, 2.75) is 12.8 Å². The van der Waals surface area contributed by atoms with Crippen molar-refractivity contribution >= 4 is 18.0 Å². The Morgan fingerprint density at radius 2 is 1.15 bits per heavy atom. The Labute approximate surface area is 199 Å². The normalized spacial score (nSPS) is 10.4. The molecule has 4 aromatic carbocycles. The second kappa shape index (κ2) is 10.9. The monoisotopic (exact) mass is 448 g/mol. The molecule has 34 heavy (non-hydrogen) atoms. The number of carbonyl (C=O) groups is 2. The van der Waals surface area contributed by atoms with Crippen molar-refractivity contribution < 1.29 is 19.1 Å². The van der Waals surface area contributed by atoms with Crippen molar-refractivity contribution in [3.63, 3.8) is 0 Å². The maximum Gasteiger partial charge on any atom is 0.343 e. The summed E-state index contributed by atoms with van der Waals surface area (Å²) < 4.78 is 11.0. The van der Waals surface area contributed by atoms with Gasteiger partial charge in [0, 0.05) is 0 Å². The maximum atomic E-state index is 12.4. The van der Waals surface area contributed by atoms with E-state index in [1.54, 1.807) is 72.8 Å². The third-order valence-electron chi connectivity index (χ3n) is 5.29. The van der Waals surface area contributed by atoms with Crippen molar-refractivity contribution in [3.8, 4) is 11.5 Å². The van der Waals surface area contributed by atoms with E-state index in [4.69, 9.17) is 9.47 Å². The summed E-state index contributed by atoms with van der Waals surface area (Å²) in [4.78, 5) is 24.6. The summed E-state index contributed by atoms with van der Waals surface area (Å²) in [6.07, 6.45) is 3.26. The second-order valence-corrected chi connectivity index (χ2v) is 7.77. The van der Waals surface area contributed by atoms with Gasteiger partial charge in [-0.3, -0.25) is 0 Å². The van der Waals surface area contributed by atoms with Gasteiger partial charge < -0.3 is 9.47 Å². The first-order chi connectivity index (χ1) is 16.6. The Bertz CT molecular complexity index is 1280. The van der Waals surface area contributed by atoms with Crippen LogP contribution < -0.4 is 9.47 Å². The van der Waals surface area contributed by atoms with Crippen LogP contribution in [0, 0.1) is 0 Å². The lowest BCUT2D eigenvalue weighted by molar-refractivity contribution is 0.0725. The van der Waals surface area contributed by atoms with E-state index in [1.807, 2.05) is 36.4 Å². The number of hydrogen-bond donors (Lipinski definition) is 0. The molecule has 0 atom stereocenters. The van der Waals surface area contributed by atoms with Gasteiger partial charge in [0.05, 0.1) is 11.1 Å². The molecule has 0 heterocycles. The van der Waals surface area contributed by atoms with Crippen molar-refractivity contribution in [2.24, 2.45) is 0 Å². The van der Waals surface area contributed by atoms with Gasteiger partial charge in [0.25, 0.3) is 0 Å². The first-order valence-electron chi connectivity index (χ1n) is 11.0. The van der Waals surface area contributed by atoms with Crippen LogP contribution in [0.25, 0.3) is 6.08 Å². The third-order valence-corrected chi connectivity index (χ3v) is 5.29. The smallest absolute Gasteiger partial charge is 0.343 e. The van der Waals surface area contributed by atoms with Crippen LogP contribution in [-0.2, 0) is 12.8 Å². The number of ether oxygens (including phenoxy) is 2. The highest BCUT2D eigenvalue weighted by Gasteiger charge is 2.10. The van der Waals surface area contributed by atoms with Gasteiger partial charge in [-0.05, 0) is 78.1 Å². The first kappa shape index (κ1) is 22.7. The average Bonchev–Trinajstić information content (AvgIpc) is 2.89. The van der Waals surface area contributed by atoms with Crippen molar-refractivity contribution in [1.29, 1.82) is 0 Å². The molecule has 0 spiro atoms. The van der Waals surface area contributed by atoms with Crippen LogP contribution >= 0.6 is 0 Å². The number of rotatable bonds is 8. The summed E-state index contributed by atoms with van der Waals surface area (Å²) in [5, 5.41) is 0. The molecule has 0 aromatic heterocycles. The SMILES string of the molecule is C=Cc1cc(CCc2ccc(OC(=O)c3ccccc3)cc2)cc(OC(=O)c2ccccc2)c1. The lowest BCUT2D eigenvalue weighted by atomic mass is 10.0. The van der Waals surface area contributed by atoms with Gasteiger partial charge in [0.15, 0.2) is 0 Å². The van der Waals surface area contributed by atoms with Gasteiger partial charge in [-0.1, -0.05) is 67.3 Å². The molecular weight excluding hydrogens is 424 g/mol. The van der Waals surface area contributed by atoms with Crippen LogP contribution in [0.1, 0.15) is 37.4 Å². The predicted molar refractivity (Wildman–Crippen MR) is 133 cm³/mol. The summed E-state index contributed by atoms with van der Waals surface area (Å²) in [6.45, 7) is 3.84. The zero-order valence-electron chi connectivity index (χ0n) is 18.6. The molecule has 0 fully saturated rings. The van der Waals surface area contributed by atoms with Crippen LogP contribution in [0.15, 0.2) is 110 Å². The van der Waals surface area contributed by atoms with Gasteiger partial charge in [0.1, 0.15) is 11.5 Å². The largest absolute Gasteiger partial charge is 0.423 e. The highest BCUT2D eigenvalue weighted by Crippen LogP contribution is 2.22. The molecule has 4 heteroatoms. The molecule has 4 nitrogen and oxygen atoms in total. The zero-order valence-corrected chi connectivity index (χ0v) is 18.6. The minimum atomic E-state index is -0.395. The molecule has 0 aliphatic heterocycles. The van der Waals surface area contributed by atoms with Crippen LogP contribution in [0.2, 0.25) is 0 Å². The van der Waals surface area contributed by atoms with Crippen LogP contribution in [0.4, 0.5) is 0 Å². The summed E-state index contributed by atoms with van der Waals surface area (Å²) in [6, 6.07) is 31.0. The molecule has 0 saturated heterocycles. The Kier molecular flexibility index (Phi) is 7.31. The van der Waals surface area contributed by atoms with Crippen LogP contribution in [-0.4, -0.2) is 11.9 Å². The number of aryl methyl sites for hydroxylation is 2. The zero-order chi connectivity index (χ0) is 23.8. The predicted octanol–water partition coefficient (Wildman–Crippen LogP) is 6.55. The Hall–Kier alpha value is -4.44. The Morgan fingerprint density at radius 1 is 0.618 bits per heavy atom. The standard InChI is InChI=1S/C30H24O4/c1-2-22-19-24(21-28(20-22)34-30(32)26-11-7-4-8-12-26)14-13-23-15-17-27(18-16-23)33-29(31)25-9-5-3-6-10-25/h2-12,15-21H,1,13-14H2. The van der Waals surface area contributed by atoms with Gasteiger partial charge in [0.2, 0.25) is 0 Å². The molecule has 0 aliphatic rings. The quantitative estimate of drug-likeness (QED) is 0.226. The molecule has 4 rings (SSSR count). The molecule has 0 unspecified atom stereocenters. The van der Waals surface area contributed by atoms with E-state index in [9.17, 15) is 9.59 Å². The molecule has 0 radical (unpaired) electrons. The van der Waals surface area contributed by atoms with E-state index in [2.05, 4.69) is 6.58 Å².